The van der Waals surface area contributed by atoms with Gasteiger partial charge in [-0.05, 0) is 61.4 Å². The van der Waals surface area contributed by atoms with E-state index in [0.717, 1.165) is 11.1 Å². The molecular formula is C22H21N3O6. The summed E-state index contributed by atoms with van der Waals surface area (Å²) in [6.45, 7) is 3.61. The fourth-order valence-corrected chi connectivity index (χ4v) is 3.08. The van der Waals surface area contributed by atoms with Crippen molar-refractivity contribution < 1.29 is 24.5 Å². The smallest absolute Gasteiger partial charge is 0.312 e. The van der Waals surface area contributed by atoms with Crippen LogP contribution in [0, 0.1) is 13.8 Å². The Bertz CT molecular complexity index is 1160. The van der Waals surface area contributed by atoms with Gasteiger partial charge in [0.2, 0.25) is 5.91 Å². The van der Waals surface area contributed by atoms with Crippen LogP contribution in [-0.2, 0) is 16.0 Å². The van der Waals surface area contributed by atoms with Gasteiger partial charge >= 0.3 is 5.97 Å². The molecule has 3 rings (SSSR count). The Hall–Kier alpha value is -4.14. The first-order valence-corrected chi connectivity index (χ1v) is 9.38. The van der Waals surface area contributed by atoms with Crippen LogP contribution in [-0.4, -0.2) is 32.3 Å². The molecule has 0 saturated carbocycles. The third-order valence-electron chi connectivity index (χ3n) is 4.44. The largest absolute Gasteiger partial charge is 0.508 e. The lowest BCUT2D eigenvalue weighted by Gasteiger charge is -2.15. The van der Waals surface area contributed by atoms with Gasteiger partial charge in [-0.25, -0.2) is 5.10 Å². The standard InChI is InChI=1S/C22H21N3O6/c1-12-7-16(23-20(28)11-21(29)30)8-13(2)22(12)31-17-4-5-18(26)14(10-17)9-15-3-6-19(27)25-24-15/h3-8,10,26H,9,11H2,1-2H3,(H,23,28)(H,25,27)(H,29,30). The third-order valence-corrected chi connectivity index (χ3v) is 4.44. The van der Waals surface area contributed by atoms with Gasteiger partial charge in [-0.3, -0.25) is 14.4 Å². The molecule has 0 saturated heterocycles. The van der Waals surface area contributed by atoms with Crippen molar-refractivity contribution in [2.45, 2.75) is 26.7 Å². The highest BCUT2D eigenvalue weighted by Crippen LogP contribution is 2.33. The fourth-order valence-electron chi connectivity index (χ4n) is 3.08. The molecule has 1 aromatic heterocycles. The molecule has 2 aromatic carbocycles. The molecule has 0 aliphatic carbocycles. The summed E-state index contributed by atoms with van der Waals surface area (Å²) < 4.78 is 6.02. The van der Waals surface area contributed by atoms with Crippen molar-refractivity contribution in [3.8, 4) is 17.2 Å². The molecule has 9 heteroatoms. The normalized spacial score (nSPS) is 10.5. The van der Waals surface area contributed by atoms with Gasteiger partial charge in [0.1, 0.15) is 23.7 Å². The van der Waals surface area contributed by atoms with Crippen LogP contribution in [0.1, 0.15) is 28.8 Å². The number of aryl methyl sites for hydroxylation is 2. The van der Waals surface area contributed by atoms with Crippen molar-refractivity contribution in [1.82, 2.24) is 10.2 Å². The number of hydrogen-bond acceptors (Lipinski definition) is 6. The second-order valence-corrected chi connectivity index (χ2v) is 7.04. The number of nitrogens with zero attached hydrogens (tertiary/aromatic N) is 1. The van der Waals surface area contributed by atoms with Crippen LogP contribution in [0.5, 0.6) is 17.2 Å². The van der Waals surface area contributed by atoms with Crippen LogP contribution in [0.25, 0.3) is 0 Å². The van der Waals surface area contributed by atoms with Gasteiger partial charge in [-0.1, -0.05) is 0 Å². The number of aromatic hydroxyl groups is 1. The molecule has 0 atom stereocenters. The van der Waals surface area contributed by atoms with Crippen molar-refractivity contribution in [2.75, 3.05) is 5.32 Å². The number of amides is 1. The van der Waals surface area contributed by atoms with Crippen LogP contribution >= 0.6 is 0 Å². The summed E-state index contributed by atoms with van der Waals surface area (Å²) in [7, 11) is 0. The van der Waals surface area contributed by atoms with Crippen molar-refractivity contribution >= 4 is 17.6 Å². The monoisotopic (exact) mass is 423 g/mol. The van der Waals surface area contributed by atoms with E-state index < -0.39 is 18.3 Å². The zero-order valence-corrected chi connectivity index (χ0v) is 16.9. The van der Waals surface area contributed by atoms with E-state index in [-0.39, 0.29) is 11.3 Å². The van der Waals surface area contributed by atoms with E-state index in [1.165, 1.54) is 12.1 Å². The summed E-state index contributed by atoms with van der Waals surface area (Å²) in [5.41, 5.74) is 2.80. The molecule has 3 aromatic rings. The maximum Gasteiger partial charge on any atom is 0.312 e. The number of rotatable bonds is 7. The second-order valence-electron chi connectivity index (χ2n) is 7.04. The predicted molar refractivity (Wildman–Crippen MR) is 113 cm³/mol. The number of aromatic nitrogens is 2. The maximum absolute atomic E-state index is 11.7. The Balaban J connectivity index is 1.80. The lowest BCUT2D eigenvalue weighted by atomic mass is 10.1. The van der Waals surface area contributed by atoms with Gasteiger partial charge in [-0.2, -0.15) is 5.10 Å². The minimum absolute atomic E-state index is 0.0743. The van der Waals surface area contributed by atoms with Crippen molar-refractivity contribution in [1.29, 1.82) is 0 Å². The highest BCUT2D eigenvalue weighted by Gasteiger charge is 2.13. The van der Waals surface area contributed by atoms with Crippen molar-refractivity contribution in [3.05, 3.63) is 75.2 Å². The van der Waals surface area contributed by atoms with Crippen LogP contribution < -0.4 is 15.6 Å². The summed E-state index contributed by atoms with van der Waals surface area (Å²) in [6.07, 6.45) is -0.316. The summed E-state index contributed by atoms with van der Waals surface area (Å²) in [5, 5.41) is 27.7. The zero-order chi connectivity index (χ0) is 22.5. The third kappa shape index (κ3) is 5.69. The number of carboxylic acid groups (broad SMARTS) is 1. The number of aromatic amines is 1. The number of carboxylic acids is 1. The minimum Gasteiger partial charge on any atom is -0.508 e. The molecule has 0 fully saturated rings. The van der Waals surface area contributed by atoms with Crippen LogP contribution in [0.2, 0.25) is 0 Å². The van der Waals surface area contributed by atoms with Gasteiger partial charge in [-0.15, -0.1) is 0 Å². The summed E-state index contributed by atoms with van der Waals surface area (Å²) >= 11 is 0. The SMILES string of the molecule is Cc1cc(NC(=O)CC(=O)O)cc(C)c1Oc1ccc(O)c(Cc2ccc(=O)[nH]n2)c1. The van der Waals surface area contributed by atoms with E-state index >= 15 is 0 Å². The summed E-state index contributed by atoms with van der Waals surface area (Å²) in [5.74, 6) is -0.670. The molecule has 0 unspecified atom stereocenters. The molecule has 31 heavy (non-hydrogen) atoms. The van der Waals surface area contributed by atoms with E-state index in [1.54, 1.807) is 44.2 Å². The molecule has 0 bridgehead atoms. The molecular weight excluding hydrogens is 402 g/mol. The van der Waals surface area contributed by atoms with E-state index in [4.69, 9.17) is 9.84 Å². The minimum atomic E-state index is -1.20. The molecule has 0 radical (unpaired) electrons. The Morgan fingerprint density at radius 1 is 1.10 bits per heavy atom. The van der Waals surface area contributed by atoms with Gasteiger partial charge < -0.3 is 20.3 Å². The first-order chi connectivity index (χ1) is 14.7. The Morgan fingerprint density at radius 3 is 2.42 bits per heavy atom. The second kappa shape index (κ2) is 9.12. The number of phenols is 1. The van der Waals surface area contributed by atoms with E-state index in [0.29, 0.717) is 34.9 Å². The van der Waals surface area contributed by atoms with Crippen molar-refractivity contribution in [2.24, 2.45) is 0 Å². The number of carbonyl (C=O) groups excluding carboxylic acids is 1. The molecule has 0 spiro atoms. The number of aliphatic carboxylic acids is 1. The molecule has 160 valence electrons. The van der Waals surface area contributed by atoms with Crippen LogP contribution in [0.4, 0.5) is 5.69 Å². The van der Waals surface area contributed by atoms with Gasteiger partial charge in [0.15, 0.2) is 0 Å². The fraction of sp³-hybridized carbons (Fsp3) is 0.182. The molecule has 1 amide bonds. The predicted octanol–water partition coefficient (Wildman–Crippen LogP) is 2.89. The van der Waals surface area contributed by atoms with Gasteiger partial charge in [0.25, 0.3) is 5.56 Å². The summed E-state index contributed by atoms with van der Waals surface area (Å²) in [6, 6.07) is 11.1. The molecule has 0 aliphatic heterocycles. The quantitative estimate of drug-likeness (QED) is 0.428. The highest BCUT2D eigenvalue weighted by molar-refractivity contribution is 6.01. The number of benzene rings is 2. The highest BCUT2D eigenvalue weighted by atomic mass is 16.5. The van der Waals surface area contributed by atoms with Crippen molar-refractivity contribution in [3.63, 3.8) is 0 Å². The van der Waals surface area contributed by atoms with Gasteiger partial charge in [0.05, 0.1) is 5.69 Å². The van der Waals surface area contributed by atoms with Crippen LogP contribution in [0.3, 0.4) is 0 Å². The first-order valence-electron chi connectivity index (χ1n) is 9.38. The average molecular weight is 423 g/mol. The Labute approximate surface area is 177 Å². The van der Waals surface area contributed by atoms with E-state index in [1.807, 2.05) is 0 Å². The number of hydrogen-bond donors (Lipinski definition) is 4. The first kappa shape index (κ1) is 21.6. The molecule has 0 aliphatic rings. The molecule has 1 heterocycles. The van der Waals surface area contributed by atoms with Crippen LogP contribution in [0.15, 0.2) is 47.3 Å². The number of H-pyrrole nitrogens is 1. The molecule has 4 N–H and O–H groups in total. The average Bonchev–Trinajstić information content (AvgIpc) is 2.68. The lowest BCUT2D eigenvalue weighted by Crippen LogP contribution is -2.16. The van der Waals surface area contributed by atoms with Gasteiger partial charge in [0, 0.05) is 23.7 Å². The van der Waals surface area contributed by atoms with E-state index in [9.17, 15) is 19.5 Å². The lowest BCUT2D eigenvalue weighted by molar-refractivity contribution is -0.139. The number of nitrogens with one attached hydrogen (secondary N) is 2. The molecule has 9 nitrogen and oxygen atoms in total. The van der Waals surface area contributed by atoms with E-state index in [2.05, 4.69) is 15.5 Å². The zero-order valence-electron chi connectivity index (χ0n) is 16.9. The number of ether oxygens (including phenoxy) is 1. The number of phenolic OH excluding ortho intramolecular Hbond substituents is 1. The number of anilines is 1. The number of carbonyl (C=O) groups is 2. The Morgan fingerprint density at radius 2 is 1.81 bits per heavy atom. The Kier molecular flexibility index (Phi) is 6.35. The topological polar surface area (TPSA) is 142 Å². The summed E-state index contributed by atoms with van der Waals surface area (Å²) in [4.78, 5) is 33.5. The maximum atomic E-state index is 11.7.